The van der Waals surface area contributed by atoms with Crippen LogP contribution in [0.1, 0.15) is 17.8 Å². The van der Waals surface area contributed by atoms with Crippen LogP contribution in [0.2, 0.25) is 0 Å². The molecule has 1 aromatic rings. The van der Waals surface area contributed by atoms with E-state index in [-0.39, 0.29) is 19.0 Å². The van der Waals surface area contributed by atoms with E-state index in [0.717, 1.165) is 11.4 Å². The summed E-state index contributed by atoms with van der Waals surface area (Å²) in [5.41, 5.74) is 6.21. The number of carbonyl (C=O) groups is 1. The molecule has 20 heavy (non-hydrogen) atoms. The fourth-order valence-electron chi connectivity index (χ4n) is 1.32. The molecular formula is C11H15F3N4O2. The number of hydrogen-bond donors (Lipinski definition) is 2. The summed E-state index contributed by atoms with van der Waals surface area (Å²) in [6, 6.07) is 1.76. The number of hydrazine groups is 1. The molecule has 0 aliphatic heterocycles. The van der Waals surface area contributed by atoms with Gasteiger partial charge in [0.1, 0.15) is 6.61 Å². The fourth-order valence-corrected chi connectivity index (χ4v) is 1.32. The zero-order valence-corrected chi connectivity index (χ0v) is 11.0. The second kappa shape index (κ2) is 7.04. The number of anilines is 1. The summed E-state index contributed by atoms with van der Waals surface area (Å²) in [5.74, 6) is -0.304. The van der Waals surface area contributed by atoms with Gasteiger partial charge in [0, 0.05) is 11.4 Å². The lowest BCUT2D eigenvalue weighted by Crippen LogP contribution is -2.31. The van der Waals surface area contributed by atoms with Gasteiger partial charge in [0.15, 0.2) is 0 Å². The lowest BCUT2D eigenvalue weighted by molar-refractivity contribution is -0.174. The van der Waals surface area contributed by atoms with Gasteiger partial charge in [-0.2, -0.15) is 13.2 Å². The Morgan fingerprint density at radius 3 is 2.45 bits per heavy atom. The number of nitrogens with one attached hydrogen (secondary N) is 2. The second-order valence-electron chi connectivity index (χ2n) is 4.07. The molecule has 0 radical (unpaired) electrons. The lowest BCUT2D eigenvalue weighted by Gasteiger charge is -2.09. The van der Waals surface area contributed by atoms with Gasteiger partial charge >= 0.3 is 6.18 Å². The summed E-state index contributed by atoms with van der Waals surface area (Å²) >= 11 is 0. The Balaban J connectivity index is 2.26. The minimum absolute atomic E-state index is 0.201. The van der Waals surface area contributed by atoms with Gasteiger partial charge in [-0.15, -0.1) is 0 Å². The van der Waals surface area contributed by atoms with Gasteiger partial charge in [-0.3, -0.25) is 15.6 Å². The van der Waals surface area contributed by atoms with Crippen LogP contribution in [-0.2, 0) is 9.53 Å². The van der Waals surface area contributed by atoms with Crippen molar-refractivity contribution >= 4 is 11.9 Å². The lowest BCUT2D eigenvalue weighted by atomic mass is 10.4. The first-order valence-electron chi connectivity index (χ1n) is 5.78. The van der Waals surface area contributed by atoms with Crippen LogP contribution in [-0.4, -0.2) is 35.3 Å². The third kappa shape index (κ3) is 6.88. The monoisotopic (exact) mass is 292 g/mol. The molecule has 0 bridgehead atoms. The predicted octanol–water partition coefficient (Wildman–Crippen LogP) is 1.51. The molecule has 112 valence electrons. The number of aromatic nitrogens is 2. The molecule has 0 aromatic carbocycles. The molecule has 6 nitrogen and oxygen atoms in total. The summed E-state index contributed by atoms with van der Waals surface area (Å²) in [4.78, 5) is 19.4. The normalized spacial score (nSPS) is 11.2. The van der Waals surface area contributed by atoms with E-state index in [4.69, 9.17) is 0 Å². The number of rotatable bonds is 6. The van der Waals surface area contributed by atoms with E-state index >= 15 is 0 Å². The Bertz CT molecular complexity index is 445. The van der Waals surface area contributed by atoms with Crippen molar-refractivity contribution in [2.75, 3.05) is 18.6 Å². The SMILES string of the molecule is Cc1cc(C)nc(NNC(=O)CCOCC(F)(F)F)n1. The average Bonchev–Trinajstić information content (AvgIpc) is 2.30. The standard InChI is InChI=1S/C11H15F3N4O2/c1-7-5-8(2)16-10(15-7)18-17-9(19)3-4-20-6-11(12,13)14/h5H,3-4,6H2,1-2H3,(H,17,19)(H,15,16,18). The smallest absolute Gasteiger partial charge is 0.372 e. The fraction of sp³-hybridized carbons (Fsp3) is 0.545. The van der Waals surface area contributed by atoms with Crippen LogP contribution in [0.4, 0.5) is 19.1 Å². The summed E-state index contributed by atoms with van der Waals surface area (Å²) in [6.45, 7) is 1.86. The van der Waals surface area contributed by atoms with Crippen molar-refractivity contribution in [1.29, 1.82) is 0 Å². The van der Waals surface area contributed by atoms with Gasteiger partial charge in [-0.05, 0) is 19.9 Å². The van der Waals surface area contributed by atoms with Gasteiger partial charge in [-0.1, -0.05) is 0 Å². The topological polar surface area (TPSA) is 76.1 Å². The van der Waals surface area contributed by atoms with Crippen LogP contribution in [0.25, 0.3) is 0 Å². The van der Waals surface area contributed by atoms with Gasteiger partial charge in [0.05, 0.1) is 13.0 Å². The molecule has 9 heteroatoms. The minimum Gasteiger partial charge on any atom is -0.372 e. The predicted molar refractivity (Wildman–Crippen MR) is 64.8 cm³/mol. The summed E-state index contributed by atoms with van der Waals surface area (Å²) in [5, 5.41) is 0. The molecule has 0 spiro atoms. The first kappa shape index (κ1) is 16.2. The Hall–Kier alpha value is -1.90. The Morgan fingerprint density at radius 1 is 1.30 bits per heavy atom. The molecule has 0 unspecified atom stereocenters. The summed E-state index contributed by atoms with van der Waals surface area (Å²) in [7, 11) is 0. The highest BCUT2D eigenvalue weighted by atomic mass is 19.4. The van der Waals surface area contributed by atoms with Gasteiger partial charge in [0.2, 0.25) is 11.9 Å². The third-order valence-corrected chi connectivity index (χ3v) is 2.04. The molecular weight excluding hydrogens is 277 g/mol. The highest BCUT2D eigenvalue weighted by Crippen LogP contribution is 2.14. The van der Waals surface area contributed by atoms with Crippen molar-refractivity contribution in [3.63, 3.8) is 0 Å². The zero-order valence-electron chi connectivity index (χ0n) is 11.0. The van der Waals surface area contributed by atoms with E-state index in [1.165, 1.54) is 0 Å². The maximum atomic E-state index is 11.8. The van der Waals surface area contributed by atoms with Gasteiger partial charge in [-0.25, -0.2) is 9.97 Å². The largest absolute Gasteiger partial charge is 0.411 e. The van der Waals surface area contributed by atoms with Gasteiger partial charge in [0.25, 0.3) is 0 Å². The number of amides is 1. The Morgan fingerprint density at radius 2 is 1.90 bits per heavy atom. The molecule has 0 atom stereocenters. The highest BCUT2D eigenvalue weighted by molar-refractivity contribution is 5.77. The van der Waals surface area contributed by atoms with Crippen LogP contribution in [0.3, 0.4) is 0 Å². The van der Waals surface area contributed by atoms with Gasteiger partial charge < -0.3 is 4.74 Å². The van der Waals surface area contributed by atoms with E-state index < -0.39 is 18.7 Å². The maximum Gasteiger partial charge on any atom is 0.411 e. The van der Waals surface area contributed by atoms with Crippen molar-refractivity contribution in [3.8, 4) is 0 Å². The van der Waals surface area contributed by atoms with Crippen LogP contribution < -0.4 is 10.9 Å². The van der Waals surface area contributed by atoms with Crippen molar-refractivity contribution in [2.45, 2.75) is 26.4 Å². The van der Waals surface area contributed by atoms with E-state index in [2.05, 4.69) is 25.6 Å². The zero-order chi connectivity index (χ0) is 15.2. The molecule has 0 fully saturated rings. The van der Waals surface area contributed by atoms with E-state index in [1.807, 2.05) is 0 Å². The summed E-state index contributed by atoms with van der Waals surface area (Å²) in [6.07, 6.45) is -4.59. The third-order valence-electron chi connectivity index (χ3n) is 2.04. The molecule has 0 aliphatic rings. The Labute approximate surface area is 113 Å². The number of alkyl halides is 3. The average molecular weight is 292 g/mol. The van der Waals surface area contributed by atoms with Crippen molar-refractivity contribution in [2.24, 2.45) is 0 Å². The second-order valence-corrected chi connectivity index (χ2v) is 4.07. The number of ether oxygens (including phenoxy) is 1. The molecule has 1 heterocycles. The maximum absolute atomic E-state index is 11.8. The van der Waals surface area contributed by atoms with Crippen LogP contribution in [0, 0.1) is 13.8 Å². The number of halogens is 3. The molecule has 2 N–H and O–H groups in total. The molecule has 0 saturated heterocycles. The van der Waals surface area contributed by atoms with Crippen molar-refractivity contribution in [3.05, 3.63) is 17.5 Å². The molecule has 0 saturated carbocycles. The number of hydrogen-bond acceptors (Lipinski definition) is 5. The summed E-state index contributed by atoms with van der Waals surface area (Å²) < 4.78 is 39.6. The van der Waals surface area contributed by atoms with E-state index in [1.54, 1.807) is 19.9 Å². The Kier molecular flexibility index (Phi) is 5.68. The molecule has 1 amide bonds. The number of nitrogens with zero attached hydrogens (tertiary/aromatic N) is 2. The van der Waals surface area contributed by atoms with Crippen molar-refractivity contribution < 1.29 is 22.7 Å². The van der Waals surface area contributed by atoms with Crippen molar-refractivity contribution in [1.82, 2.24) is 15.4 Å². The minimum atomic E-state index is -4.39. The first-order valence-corrected chi connectivity index (χ1v) is 5.78. The first-order chi connectivity index (χ1) is 9.26. The molecule has 0 aliphatic carbocycles. The number of carbonyl (C=O) groups excluding carboxylic acids is 1. The molecule has 1 rings (SSSR count). The van der Waals surface area contributed by atoms with E-state index in [9.17, 15) is 18.0 Å². The molecule has 1 aromatic heterocycles. The van der Waals surface area contributed by atoms with Crippen LogP contribution in [0.5, 0.6) is 0 Å². The number of aryl methyl sites for hydroxylation is 2. The highest BCUT2D eigenvalue weighted by Gasteiger charge is 2.27. The van der Waals surface area contributed by atoms with E-state index in [0.29, 0.717) is 0 Å². The quantitative estimate of drug-likeness (QED) is 0.614. The van der Waals surface area contributed by atoms with Crippen LogP contribution >= 0.6 is 0 Å². The van der Waals surface area contributed by atoms with Crippen LogP contribution in [0.15, 0.2) is 6.07 Å².